The molecule has 1 rings (SSSR count). The first-order valence-electron chi connectivity index (χ1n) is 9.33. The number of hydrogen-bond donors (Lipinski definition) is 2. The molecule has 1 atom stereocenters. The molecule has 1 aliphatic rings. The average molecular weight is 354 g/mol. The molecule has 1 aliphatic heterocycles. The third-order valence-corrected chi connectivity index (χ3v) is 4.25. The van der Waals surface area contributed by atoms with Gasteiger partial charge >= 0.3 is 5.97 Å². The zero-order valence-corrected chi connectivity index (χ0v) is 16.4. The Morgan fingerprint density at radius 3 is 2.48 bits per heavy atom. The molecule has 1 heterocycles. The number of aliphatic imine (C=N–C) groups is 1. The van der Waals surface area contributed by atoms with Crippen LogP contribution in [0.25, 0.3) is 0 Å². The van der Waals surface area contributed by atoms with Crippen LogP contribution in [0.1, 0.15) is 47.5 Å². The second-order valence-electron chi connectivity index (χ2n) is 6.95. The van der Waals surface area contributed by atoms with E-state index in [9.17, 15) is 9.59 Å². The minimum atomic E-state index is -0.576. The van der Waals surface area contributed by atoms with Gasteiger partial charge in [0.1, 0.15) is 0 Å². The molecular formula is C18H34N4O3. The van der Waals surface area contributed by atoms with Crippen molar-refractivity contribution in [2.45, 2.75) is 47.5 Å². The molecule has 2 N–H and O–H groups in total. The van der Waals surface area contributed by atoms with Crippen molar-refractivity contribution in [3.63, 3.8) is 0 Å². The van der Waals surface area contributed by atoms with E-state index in [1.54, 1.807) is 0 Å². The van der Waals surface area contributed by atoms with Gasteiger partial charge in [0, 0.05) is 26.2 Å². The monoisotopic (exact) mass is 354 g/mol. The van der Waals surface area contributed by atoms with Crippen LogP contribution >= 0.6 is 0 Å². The molecule has 25 heavy (non-hydrogen) atoms. The summed E-state index contributed by atoms with van der Waals surface area (Å²) in [5.41, 5.74) is -0.576. The number of nitrogens with zero attached hydrogens (tertiary/aromatic N) is 2. The van der Waals surface area contributed by atoms with E-state index in [-0.39, 0.29) is 17.8 Å². The second-order valence-corrected chi connectivity index (χ2v) is 6.95. The third-order valence-electron chi connectivity index (χ3n) is 4.25. The molecule has 1 amide bonds. The number of carbonyl (C=O) groups is 2. The Kier molecular flexibility index (Phi) is 8.72. The Morgan fingerprint density at radius 2 is 1.88 bits per heavy atom. The van der Waals surface area contributed by atoms with Gasteiger partial charge in [-0.1, -0.05) is 0 Å². The standard InChI is InChI=1S/C18H34N4O3/c1-6-19-16(24)18(4,5)13-21-17(20-7-2)22-11-9-10-14(12-22)15(23)25-8-3/h14H,6-13H2,1-5H3,(H,19,24)(H,20,21). The van der Waals surface area contributed by atoms with Crippen molar-refractivity contribution in [2.24, 2.45) is 16.3 Å². The van der Waals surface area contributed by atoms with E-state index in [2.05, 4.69) is 20.5 Å². The maximum atomic E-state index is 12.1. The molecule has 1 fully saturated rings. The number of rotatable bonds is 7. The van der Waals surface area contributed by atoms with Crippen LogP contribution in [0.4, 0.5) is 0 Å². The molecule has 0 aliphatic carbocycles. The SMILES string of the molecule is CCNC(=O)C(C)(C)CN=C(NCC)N1CCCC(C(=O)OCC)C1. The van der Waals surface area contributed by atoms with Crippen LogP contribution in [-0.4, -0.2) is 62.1 Å². The zero-order chi connectivity index (χ0) is 18.9. The molecule has 0 radical (unpaired) electrons. The molecule has 0 aromatic rings. The lowest BCUT2D eigenvalue weighted by Gasteiger charge is -2.34. The minimum Gasteiger partial charge on any atom is -0.466 e. The first-order chi connectivity index (χ1) is 11.9. The summed E-state index contributed by atoms with van der Waals surface area (Å²) in [5, 5.41) is 6.13. The summed E-state index contributed by atoms with van der Waals surface area (Å²) < 4.78 is 5.16. The summed E-state index contributed by atoms with van der Waals surface area (Å²) in [6, 6.07) is 0. The van der Waals surface area contributed by atoms with Gasteiger partial charge in [-0.15, -0.1) is 0 Å². The van der Waals surface area contributed by atoms with Crippen LogP contribution in [0.2, 0.25) is 0 Å². The molecule has 7 nitrogen and oxygen atoms in total. The first kappa shape index (κ1) is 21.3. The number of esters is 1. The molecule has 0 aromatic carbocycles. The van der Waals surface area contributed by atoms with Crippen molar-refractivity contribution in [1.82, 2.24) is 15.5 Å². The number of guanidine groups is 1. The Labute approximate surface area is 151 Å². The zero-order valence-electron chi connectivity index (χ0n) is 16.4. The molecule has 1 unspecified atom stereocenters. The molecule has 144 valence electrons. The lowest BCUT2D eigenvalue weighted by Crippen LogP contribution is -2.49. The van der Waals surface area contributed by atoms with Crippen LogP contribution in [0.3, 0.4) is 0 Å². The van der Waals surface area contributed by atoms with Crippen molar-refractivity contribution in [1.29, 1.82) is 0 Å². The largest absolute Gasteiger partial charge is 0.466 e. The normalized spacial score (nSPS) is 18.7. The van der Waals surface area contributed by atoms with Crippen LogP contribution in [0.15, 0.2) is 4.99 Å². The van der Waals surface area contributed by atoms with Gasteiger partial charge in [-0.05, 0) is 47.5 Å². The lowest BCUT2D eigenvalue weighted by molar-refractivity contribution is -0.149. The van der Waals surface area contributed by atoms with Crippen molar-refractivity contribution >= 4 is 17.8 Å². The topological polar surface area (TPSA) is 83.0 Å². The summed E-state index contributed by atoms with van der Waals surface area (Å²) in [6.45, 7) is 13.1. The molecule has 0 aromatic heterocycles. The fourth-order valence-electron chi connectivity index (χ4n) is 2.79. The molecule has 0 saturated carbocycles. The van der Waals surface area contributed by atoms with E-state index in [1.807, 2.05) is 34.6 Å². The summed E-state index contributed by atoms with van der Waals surface area (Å²) in [7, 11) is 0. The second kappa shape index (κ2) is 10.3. The number of ether oxygens (including phenoxy) is 1. The lowest BCUT2D eigenvalue weighted by atomic mass is 9.92. The Morgan fingerprint density at radius 1 is 1.20 bits per heavy atom. The minimum absolute atomic E-state index is 0.00218. The van der Waals surface area contributed by atoms with E-state index >= 15 is 0 Å². The van der Waals surface area contributed by atoms with E-state index in [0.29, 0.717) is 26.2 Å². The van der Waals surface area contributed by atoms with Gasteiger partial charge in [-0.2, -0.15) is 0 Å². The fourth-order valence-corrected chi connectivity index (χ4v) is 2.79. The fraction of sp³-hybridized carbons (Fsp3) is 0.833. The Bertz CT molecular complexity index is 477. The van der Waals surface area contributed by atoms with Gasteiger partial charge in [0.2, 0.25) is 5.91 Å². The maximum absolute atomic E-state index is 12.1. The van der Waals surface area contributed by atoms with Crippen LogP contribution in [0, 0.1) is 11.3 Å². The predicted molar refractivity (Wildman–Crippen MR) is 99.4 cm³/mol. The summed E-state index contributed by atoms with van der Waals surface area (Å²) >= 11 is 0. The highest BCUT2D eigenvalue weighted by Crippen LogP contribution is 2.19. The first-order valence-corrected chi connectivity index (χ1v) is 9.33. The average Bonchev–Trinajstić information content (AvgIpc) is 2.59. The predicted octanol–water partition coefficient (Wildman–Crippen LogP) is 1.39. The summed E-state index contributed by atoms with van der Waals surface area (Å²) in [4.78, 5) is 31.0. The number of piperidine rings is 1. The summed E-state index contributed by atoms with van der Waals surface area (Å²) in [6.07, 6.45) is 1.77. The Hall–Kier alpha value is -1.79. The van der Waals surface area contributed by atoms with Gasteiger partial charge < -0.3 is 20.3 Å². The number of hydrogen-bond acceptors (Lipinski definition) is 4. The van der Waals surface area contributed by atoms with E-state index < -0.39 is 5.41 Å². The molecule has 0 bridgehead atoms. The number of likely N-dealkylation sites (tertiary alicyclic amines) is 1. The molecule has 0 spiro atoms. The molecule has 7 heteroatoms. The maximum Gasteiger partial charge on any atom is 0.310 e. The highest BCUT2D eigenvalue weighted by Gasteiger charge is 2.30. The van der Waals surface area contributed by atoms with Crippen molar-refractivity contribution in [3.05, 3.63) is 0 Å². The van der Waals surface area contributed by atoms with Gasteiger partial charge in [-0.3, -0.25) is 14.6 Å². The highest BCUT2D eigenvalue weighted by atomic mass is 16.5. The smallest absolute Gasteiger partial charge is 0.310 e. The van der Waals surface area contributed by atoms with Gasteiger partial charge in [0.05, 0.1) is 24.5 Å². The van der Waals surface area contributed by atoms with Crippen LogP contribution < -0.4 is 10.6 Å². The number of nitrogens with one attached hydrogen (secondary N) is 2. The quantitative estimate of drug-likeness (QED) is 0.410. The van der Waals surface area contributed by atoms with Gasteiger partial charge in [0.25, 0.3) is 0 Å². The van der Waals surface area contributed by atoms with Gasteiger partial charge in [0.15, 0.2) is 5.96 Å². The van der Waals surface area contributed by atoms with E-state index in [1.165, 1.54) is 0 Å². The molecular weight excluding hydrogens is 320 g/mol. The number of carbonyl (C=O) groups excluding carboxylic acids is 2. The summed E-state index contributed by atoms with van der Waals surface area (Å²) in [5.74, 6) is 0.506. The van der Waals surface area contributed by atoms with Crippen LogP contribution in [-0.2, 0) is 14.3 Å². The van der Waals surface area contributed by atoms with Crippen molar-refractivity contribution in [3.8, 4) is 0 Å². The van der Waals surface area contributed by atoms with Crippen LogP contribution in [0.5, 0.6) is 0 Å². The number of amides is 1. The highest BCUT2D eigenvalue weighted by molar-refractivity contribution is 5.84. The third kappa shape index (κ3) is 6.55. The Balaban J connectivity index is 2.80. The van der Waals surface area contributed by atoms with Gasteiger partial charge in [-0.25, -0.2) is 0 Å². The van der Waals surface area contributed by atoms with E-state index in [0.717, 1.165) is 31.9 Å². The molecule has 1 saturated heterocycles. The van der Waals surface area contributed by atoms with Crippen molar-refractivity contribution in [2.75, 3.05) is 39.3 Å². The van der Waals surface area contributed by atoms with E-state index in [4.69, 9.17) is 4.74 Å². The van der Waals surface area contributed by atoms with Crippen molar-refractivity contribution < 1.29 is 14.3 Å².